The fourth-order valence-corrected chi connectivity index (χ4v) is 4.75. The van der Waals surface area contributed by atoms with Gasteiger partial charge in [0.25, 0.3) is 5.91 Å². The number of nitrogens with one attached hydrogen (secondary N) is 2. The number of carbonyl (C=O) groups excluding carboxylic acids is 3. The molecule has 0 spiro atoms. The number of nitrogens with zero attached hydrogens (tertiary/aromatic N) is 3. The van der Waals surface area contributed by atoms with Gasteiger partial charge in [0.1, 0.15) is 11.9 Å². The number of piperidine rings is 2. The molecule has 3 aliphatic rings. The molecule has 0 bridgehead atoms. The van der Waals surface area contributed by atoms with Crippen molar-refractivity contribution >= 4 is 28.8 Å². The first-order chi connectivity index (χ1) is 15.0. The summed E-state index contributed by atoms with van der Waals surface area (Å²) in [7, 11) is 0. The standard InChI is InChI=1S/C22H27N5O4/c1-13-24-17-10-14(2-3-18(17)27(13)19-4-5-20(28)25-21(19)29)22(30)26-11-16(12-26)31-15-6-8-23-9-7-15/h2-3,10,15-16,19,23H,4-9,11-12H2,1H3,(H,25,28,29). The molecule has 4 heterocycles. The van der Waals surface area contributed by atoms with Crippen molar-refractivity contribution in [1.82, 2.24) is 25.1 Å². The maximum atomic E-state index is 12.9. The Morgan fingerprint density at radius 1 is 1.13 bits per heavy atom. The van der Waals surface area contributed by atoms with Crippen LogP contribution in [0.25, 0.3) is 11.0 Å². The van der Waals surface area contributed by atoms with Crippen LogP contribution in [0.5, 0.6) is 0 Å². The van der Waals surface area contributed by atoms with E-state index in [-0.39, 0.29) is 23.8 Å². The summed E-state index contributed by atoms with van der Waals surface area (Å²) in [6, 6.07) is 4.95. The zero-order valence-corrected chi connectivity index (χ0v) is 17.6. The van der Waals surface area contributed by atoms with Gasteiger partial charge in [-0.25, -0.2) is 4.98 Å². The van der Waals surface area contributed by atoms with E-state index in [4.69, 9.17) is 4.74 Å². The van der Waals surface area contributed by atoms with Gasteiger partial charge < -0.3 is 19.5 Å². The normalized spacial score (nSPS) is 23.1. The molecule has 3 fully saturated rings. The number of likely N-dealkylation sites (tertiary alicyclic amines) is 1. The Balaban J connectivity index is 1.28. The number of hydrogen-bond donors (Lipinski definition) is 2. The number of imidazole rings is 1. The molecule has 1 unspecified atom stereocenters. The van der Waals surface area contributed by atoms with E-state index in [9.17, 15) is 14.4 Å². The molecule has 0 saturated carbocycles. The van der Waals surface area contributed by atoms with E-state index in [0.29, 0.717) is 48.9 Å². The van der Waals surface area contributed by atoms with Crippen molar-refractivity contribution in [3.05, 3.63) is 29.6 Å². The molecular formula is C22H27N5O4. The summed E-state index contributed by atoms with van der Waals surface area (Å²) in [6.07, 6.45) is 3.21. The maximum absolute atomic E-state index is 12.9. The highest BCUT2D eigenvalue weighted by Crippen LogP contribution is 2.28. The Morgan fingerprint density at radius 2 is 1.90 bits per heavy atom. The molecule has 31 heavy (non-hydrogen) atoms. The molecule has 1 atom stereocenters. The largest absolute Gasteiger partial charge is 0.371 e. The molecule has 1 aromatic heterocycles. The van der Waals surface area contributed by atoms with Gasteiger partial charge in [-0.2, -0.15) is 0 Å². The predicted octanol–water partition coefficient (Wildman–Crippen LogP) is 0.915. The van der Waals surface area contributed by atoms with E-state index in [2.05, 4.69) is 15.6 Å². The van der Waals surface area contributed by atoms with Gasteiger partial charge in [-0.15, -0.1) is 0 Å². The Labute approximate surface area is 180 Å². The number of benzene rings is 1. The summed E-state index contributed by atoms with van der Waals surface area (Å²) in [5.41, 5.74) is 2.05. The minimum absolute atomic E-state index is 0.0275. The van der Waals surface area contributed by atoms with E-state index in [1.807, 2.05) is 17.6 Å². The summed E-state index contributed by atoms with van der Waals surface area (Å²) in [4.78, 5) is 43.1. The second kappa shape index (κ2) is 8.05. The van der Waals surface area contributed by atoms with Crippen molar-refractivity contribution in [2.75, 3.05) is 26.2 Å². The molecule has 1 aromatic carbocycles. The maximum Gasteiger partial charge on any atom is 0.254 e. The number of hydrogen-bond acceptors (Lipinski definition) is 6. The molecular weight excluding hydrogens is 398 g/mol. The van der Waals surface area contributed by atoms with Crippen molar-refractivity contribution in [3.63, 3.8) is 0 Å². The zero-order chi connectivity index (χ0) is 21.5. The van der Waals surface area contributed by atoms with E-state index in [1.165, 1.54) is 0 Å². The fourth-order valence-electron chi connectivity index (χ4n) is 4.75. The highest BCUT2D eigenvalue weighted by Gasteiger charge is 2.34. The lowest BCUT2D eigenvalue weighted by Gasteiger charge is -2.41. The van der Waals surface area contributed by atoms with Gasteiger partial charge >= 0.3 is 0 Å². The summed E-state index contributed by atoms with van der Waals surface area (Å²) < 4.78 is 7.97. The third-order valence-electron chi connectivity index (χ3n) is 6.44. The predicted molar refractivity (Wildman–Crippen MR) is 113 cm³/mol. The van der Waals surface area contributed by atoms with E-state index in [1.54, 1.807) is 17.0 Å². The molecule has 9 heteroatoms. The quantitative estimate of drug-likeness (QED) is 0.706. The van der Waals surface area contributed by atoms with Crippen LogP contribution in [0.15, 0.2) is 18.2 Å². The van der Waals surface area contributed by atoms with Crippen LogP contribution < -0.4 is 10.6 Å². The van der Waals surface area contributed by atoms with Crippen LogP contribution in [0.1, 0.15) is 47.9 Å². The van der Waals surface area contributed by atoms with Crippen molar-refractivity contribution < 1.29 is 19.1 Å². The highest BCUT2D eigenvalue weighted by atomic mass is 16.5. The first kappa shape index (κ1) is 20.1. The average Bonchev–Trinajstić information content (AvgIpc) is 3.05. The number of imide groups is 1. The molecule has 0 aliphatic carbocycles. The average molecular weight is 425 g/mol. The molecule has 5 rings (SSSR count). The number of amides is 3. The van der Waals surface area contributed by atoms with Crippen LogP contribution in [0, 0.1) is 6.92 Å². The van der Waals surface area contributed by atoms with Gasteiger partial charge in [0.2, 0.25) is 11.8 Å². The van der Waals surface area contributed by atoms with E-state index >= 15 is 0 Å². The third kappa shape index (κ3) is 3.83. The van der Waals surface area contributed by atoms with E-state index in [0.717, 1.165) is 31.4 Å². The van der Waals surface area contributed by atoms with Gasteiger partial charge in [0, 0.05) is 25.1 Å². The lowest BCUT2D eigenvalue weighted by Crippen LogP contribution is -2.56. The molecule has 0 radical (unpaired) electrons. The molecule has 2 aromatic rings. The Kier molecular flexibility index (Phi) is 5.23. The lowest BCUT2D eigenvalue weighted by atomic mass is 10.0. The topological polar surface area (TPSA) is 106 Å². The lowest BCUT2D eigenvalue weighted by molar-refractivity contribution is -0.135. The van der Waals surface area contributed by atoms with Crippen LogP contribution in [-0.4, -0.2) is 70.6 Å². The van der Waals surface area contributed by atoms with Gasteiger partial charge in [-0.3, -0.25) is 19.7 Å². The van der Waals surface area contributed by atoms with Gasteiger partial charge in [0.15, 0.2) is 0 Å². The van der Waals surface area contributed by atoms with Crippen molar-refractivity contribution in [1.29, 1.82) is 0 Å². The van der Waals surface area contributed by atoms with Crippen molar-refractivity contribution in [3.8, 4) is 0 Å². The molecule has 2 N–H and O–H groups in total. The molecule has 3 saturated heterocycles. The van der Waals surface area contributed by atoms with Crippen LogP contribution in [0.4, 0.5) is 0 Å². The summed E-state index contributed by atoms with van der Waals surface area (Å²) in [6.45, 7) is 5.05. The number of ether oxygens (including phenoxy) is 1. The van der Waals surface area contributed by atoms with Crippen LogP contribution >= 0.6 is 0 Å². The Hall–Kier alpha value is -2.78. The SMILES string of the molecule is Cc1nc2cc(C(=O)N3CC(OC4CCNCC4)C3)ccc2n1C1CCC(=O)NC1=O. The third-order valence-corrected chi connectivity index (χ3v) is 6.44. The molecule has 9 nitrogen and oxygen atoms in total. The van der Waals surface area contributed by atoms with Gasteiger partial charge in [-0.1, -0.05) is 0 Å². The first-order valence-electron chi connectivity index (χ1n) is 11.0. The molecule has 3 aliphatic heterocycles. The smallest absolute Gasteiger partial charge is 0.254 e. The van der Waals surface area contributed by atoms with Gasteiger partial charge in [0.05, 0.1) is 23.2 Å². The second-order valence-electron chi connectivity index (χ2n) is 8.62. The van der Waals surface area contributed by atoms with Crippen LogP contribution in [0.2, 0.25) is 0 Å². The monoisotopic (exact) mass is 425 g/mol. The fraction of sp³-hybridized carbons (Fsp3) is 0.545. The number of rotatable bonds is 4. The molecule has 164 valence electrons. The number of carbonyl (C=O) groups is 3. The molecule has 3 amide bonds. The van der Waals surface area contributed by atoms with Crippen LogP contribution in [0.3, 0.4) is 0 Å². The number of aromatic nitrogens is 2. The van der Waals surface area contributed by atoms with Crippen LogP contribution in [-0.2, 0) is 14.3 Å². The van der Waals surface area contributed by atoms with Crippen molar-refractivity contribution in [2.45, 2.75) is 50.9 Å². The highest BCUT2D eigenvalue weighted by molar-refractivity contribution is 6.01. The number of aryl methyl sites for hydroxylation is 1. The Morgan fingerprint density at radius 3 is 2.65 bits per heavy atom. The van der Waals surface area contributed by atoms with E-state index < -0.39 is 6.04 Å². The Bertz CT molecular complexity index is 1040. The number of fused-ring (bicyclic) bond motifs is 1. The van der Waals surface area contributed by atoms with Crippen molar-refractivity contribution in [2.24, 2.45) is 0 Å². The second-order valence-corrected chi connectivity index (χ2v) is 8.62. The minimum Gasteiger partial charge on any atom is -0.371 e. The summed E-state index contributed by atoms with van der Waals surface area (Å²) in [5.74, 6) is 0.112. The zero-order valence-electron chi connectivity index (χ0n) is 17.6. The summed E-state index contributed by atoms with van der Waals surface area (Å²) >= 11 is 0. The van der Waals surface area contributed by atoms with Gasteiger partial charge in [-0.05, 0) is 57.5 Å². The minimum atomic E-state index is -0.465. The first-order valence-corrected chi connectivity index (χ1v) is 11.0. The summed E-state index contributed by atoms with van der Waals surface area (Å²) in [5, 5.41) is 5.73.